The van der Waals surface area contributed by atoms with Crippen LogP contribution in [0, 0.1) is 5.82 Å². The molecule has 1 N–H and O–H groups in total. The molecule has 0 aliphatic carbocycles. The SMILES string of the molecule is CNC(=O)[C@@H](Cc1ccccc1)N(Cc1ccc(Cl)cc1)C(=O)COc1ccc(F)cc1. The largest absolute Gasteiger partial charge is 0.484 e. The van der Waals surface area contributed by atoms with Crippen molar-refractivity contribution in [2.24, 2.45) is 0 Å². The Morgan fingerprint density at radius 1 is 0.969 bits per heavy atom. The normalized spacial score (nSPS) is 11.5. The molecule has 0 aliphatic heterocycles. The van der Waals surface area contributed by atoms with Crippen molar-refractivity contribution in [2.45, 2.75) is 19.0 Å². The maximum atomic E-state index is 13.2. The first-order chi connectivity index (χ1) is 15.5. The van der Waals surface area contributed by atoms with Crippen molar-refractivity contribution in [3.8, 4) is 5.75 Å². The second kappa shape index (κ2) is 11.3. The Morgan fingerprint density at radius 2 is 1.62 bits per heavy atom. The van der Waals surface area contributed by atoms with Crippen molar-refractivity contribution in [1.82, 2.24) is 10.2 Å². The van der Waals surface area contributed by atoms with Gasteiger partial charge in [0.1, 0.15) is 17.6 Å². The van der Waals surface area contributed by atoms with Crippen molar-refractivity contribution >= 4 is 23.4 Å². The zero-order chi connectivity index (χ0) is 22.9. The molecule has 0 bridgehead atoms. The van der Waals surface area contributed by atoms with Gasteiger partial charge in [-0.15, -0.1) is 0 Å². The van der Waals surface area contributed by atoms with Gasteiger partial charge >= 0.3 is 0 Å². The standard InChI is InChI=1S/C25H24ClFN2O3/c1-28-25(31)23(15-18-5-3-2-4-6-18)29(16-19-7-9-20(26)10-8-19)24(30)17-32-22-13-11-21(27)12-14-22/h2-14,23H,15-17H2,1H3,(H,28,31)/t23-/m1/s1. The third-order valence-electron chi connectivity index (χ3n) is 4.96. The van der Waals surface area contributed by atoms with E-state index in [0.29, 0.717) is 17.2 Å². The molecule has 2 amide bonds. The highest BCUT2D eigenvalue weighted by atomic mass is 35.5. The minimum atomic E-state index is -0.748. The maximum absolute atomic E-state index is 13.2. The van der Waals surface area contributed by atoms with E-state index in [-0.39, 0.29) is 25.0 Å². The first-order valence-corrected chi connectivity index (χ1v) is 10.5. The molecule has 166 valence electrons. The smallest absolute Gasteiger partial charge is 0.261 e. The van der Waals surface area contributed by atoms with Crippen molar-refractivity contribution in [3.05, 3.63) is 101 Å². The summed E-state index contributed by atoms with van der Waals surface area (Å²) in [6.45, 7) is -0.0881. The van der Waals surface area contributed by atoms with Gasteiger partial charge in [-0.3, -0.25) is 9.59 Å². The first kappa shape index (κ1) is 23.3. The Morgan fingerprint density at radius 3 is 2.25 bits per heavy atom. The van der Waals surface area contributed by atoms with Gasteiger partial charge in [0.2, 0.25) is 5.91 Å². The Balaban J connectivity index is 1.85. The molecule has 32 heavy (non-hydrogen) atoms. The monoisotopic (exact) mass is 454 g/mol. The van der Waals surface area contributed by atoms with Crippen LogP contribution in [0.2, 0.25) is 5.02 Å². The Bertz CT molecular complexity index is 1030. The zero-order valence-corrected chi connectivity index (χ0v) is 18.4. The number of carbonyl (C=O) groups excluding carboxylic acids is 2. The predicted octanol–water partition coefficient (Wildman–Crippen LogP) is 4.24. The van der Waals surface area contributed by atoms with Crippen molar-refractivity contribution in [3.63, 3.8) is 0 Å². The van der Waals surface area contributed by atoms with Gasteiger partial charge < -0.3 is 15.0 Å². The molecule has 3 aromatic carbocycles. The molecule has 0 radical (unpaired) electrons. The van der Waals surface area contributed by atoms with Crippen LogP contribution < -0.4 is 10.1 Å². The average molecular weight is 455 g/mol. The molecule has 5 nitrogen and oxygen atoms in total. The fraction of sp³-hybridized carbons (Fsp3) is 0.200. The summed E-state index contributed by atoms with van der Waals surface area (Å²) in [6.07, 6.45) is 0.344. The number of ether oxygens (including phenoxy) is 1. The summed E-state index contributed by atoms with van der Waals surface area (Å²) in [5.74, 6) is -0.673. The van der Waals surface area contributed by atoms with E-state index in [4.69, 9.17) is 16.3 Å². The van der Waals surface area contributed by atoms with Crippen LogP contribution in [0.3, 0.4) is 0 Å². The summed E-state index contributed by atoms with van der Waals surface area (Å²) in [6, 6.07) is 21.3. The highest BCUT2D eigenvalue weighted by Crippen LogP contribution is 2.18. The van der Waals surface area contributed by atoms with Crippen molar-refractivity contribution in [1.29, 1.82) is 0 Å². The number of rotatable bonds is 9. The van der Waals surface area contributed by atoms with Crippen LogP contribution in [0.4, 0.5) is 4.39 Å². The summed E-state index contributed by atoms with van der Waals surface area (Å²) in [5.41, 5.74) is 1.75. The first-order valence-electron chi connectivity index (χ1n) is 10.1. The number of amides is 2. The molecule has 0 saturated heterocycles. The van der Waals surface area contributed by atoms with Crippen LogP contribution >= 0.6 is 11.6 Å². The Hall–Kier alpha value is -3.38. The average Bonchev–Trinajstić information content (AvgIpc) is 2.82. The van der Waals surface area contributed by atoms with Gasteiger partial charge in [0.05, 0.1) is 0 Å². The van der Waals surface area contributed by atoms with E-state index in [2.05, 4.69) is 5.32 Å². The van der Waals surface area contributed by atoms with Gasteiger partial charge in [0.15, 0.2) is 6.61 Å². The lowest BCUT2D eigenvalue weighted by molar-refractivity contribution is -0.142. The lowest BCUT2D eigenvalue weighted by atomic mass is 10.0. The number of nitrogens with one attached hydrogen (secondary N) is 1. The molecule has 1 atom stereocenters. The van der Waals surface area contributed by atoms with E-state index >= 15 is 0 Å². The molecular formula is C25H24ClFN2O3. The van der Waals surface area contributed by atoms with E-state index in [9.17, 15) is 14.0 Å². The molecule has 0 unspecified atom stereocenters. The molecule has 0 aliphatic rings. The van der Waals surface area contributed by atoms with E-state index in [0.717, 1.165) is 11.1 Å². The minimum absolute atomic E-state index is 0.202. The van der Waals surface area contributed by atoms with Gasteiger partial charge in [-0.2, -0.15) is 0 Å². The van der Waals surface area contributed by atoms with Crippen LogP contribution in [0.15, 0.2) is 78.9 Å². The van der Waals surface area contributed by atoms with Crippen LogP contribution in [0.1, 0.15) is 11.1 Å². The zero-order valence-electron chi connectivity index (χ0n) is 17.6. The van der Waals surface area contributed by atoms with Gasteiger partial charge in [0.25, 0.3) is 5.91 Å². The van der Waals surface area contributed by atoms with Gasteiger partial charge in [-0.1, -0.05) is 54.1 Å². The summed E-state index contributed by atoms with van der Waals surface area (Å²) in [5, 5.41) is 3.24. The Kier molecular flexibility index (Phi) is 8.22. The van der Waals surface area contributed by atoms with Crippen molar-refractivity contribution in [2.75, 3.05) is 13.7 Å². The topological polar surface area (TPSA) is 58.6 Å². The summed E-state index contributed by atoms with van der Waals surface area (Å²) >= 11 is 5.99. The number of hydrogen-bond acceptors (Lipinski definition) is 3. The number of carbonyl (C=O) groups is 2. The van der Waals surface area contributed by atoms with Crippen LogP contribution in [0.25, 0.3) is 0 Å². The number of halogens is 2. The van der Waals surface area contributed by atoms with Gasteiger partial charge in [0, 0.05) is 25.0 Å². The van der Waals surface area contributed by atoms with E-state index in [1.165, 1.54) is 29.2 Å². The summed E-state index contributed by atoms with van der Waals surface area (Å²) in [4.78, 5) is 27.5. The van der Waals surface area contributed by atoms with Gasteiger partial charge in [-0.25, -0.2) is 4.39 Å². The van der Waals surface area contributed by atoms with Crippen LogP contribution in [-0.2, 0) is 22.6 Å². The lowest BCUT2D eigenvalue weighted by Crippen LogP contribution is -2.51. The second-order valence-corrected chi connectivity index (χ2v) is 7.65. The molecular weight excluding hydrogens is 431 g/mol. The molecule has 3 rings (SSSR count). The molecule has 3 aromatic rings. The quantitative estimate of drug-likeness (QED) is 0.526. The molecule has 0 fully saturated rings. The maximum Gasteiger partial charge on any atom is 0.261 e. The number of likely N-dealkylation sites (N-methyl/N-ethyl adjacent to an activating group) is 1. The summed E-state index contributed by atoms with van der Waals surface area (Å²) in [7, 11) is 1.54. The Labute approximate surface area is 191 Å². The highest BCUT2D eigenvalue weighted by Gasteiger charge is 2.30. The number of nitrogens with zero attached hydrogens (tertiary/aromatic N) is 1. The van der Waals surface area contributed by atoms with E-state index in [1.807, 2.05) is 42.5 Å². The van der Waals surface area contributed by atoms with E-state index in [1.54, 1.807) is 19.2 Å². The second-order valence-electron chi connectivity index (χ2n) is 7.21. The molecule has 0 aromatic heterocycles. The predicted molar refractivity (Wildman–Crippen MR) is 122 cm³/mol. The fourth-order valence-electron chi connectivity index (χ4n) is 3.27. The highest BCUT2D eigenvalue weighted by molar-refractivity contribution is 6.30. The van der Waals surface area contributed by atoms with E-state index < -0.39 is 11.9 Å². The fourth-order valence-corrected chi connectivity index (χ4v) is 3.39. The number of hydrogen-bond donors (Lipinski definition) is 1. The van der Waals surface area contributed by atoms with Gasteiger partial charge in [-0.05, 0) is 47.5 Å². The van der Waals surface area contributed by atoms with Crippen molar-refractivity contribution < 1.29 is 18.7 Å². The third-order valence-corrected chi connectivity index (χ3v) is 5.21. The minimum Gasteiger partial charge on any atom is -0.484 e. The third kappa shape index (κ3) is 6.56. The van der Waals surface area contributed by atoms with Crippen LogP contribution in [-0.4, -0.2) is 36.4 Å². The summed E-state index contributed by atoms with van der Waals surface area (Å²) < 4.78 is 18.7. The van der Waals surface area contributed by atoms with Crippen LogP contribution in [0.5, 0.6) is 5.75 Å². The molecule has 0 spiro atoms. The molecule has 0 saturated carbocycles. The lowest BCUT2D eigenvalue weighted by Gasteiger charge is -2.31. The molecule has 7 heteroatoms. The number of benzene rings is 3. The molecule has 0 heterocycles.